The lowest BCUT2D eigenvalue weighted by Gasteiger charge is -2.19. The van der Waals surface area contributed by atoms with Gasteiger partial charge >= 0.3 is 0 Å². The second-order valence-corrected chi connectivity index (χ2v) is 8.03. The van der Waals surface area contributed by atoms with Crippen LogP contribution in [0.2, 0.25) is 10.0 Å². The molecule has 0 spiro atoms. The van der Waals surface area contributed by atoms with Gasteiger partial charge in [-0.25, -0.2) is 4.98 Å². The number of nitrogens with one attached hydrogen (secondary N) is 1. The van der Waals surface area contributed by atoms with Crippen LogP contribution in [0.15, 0.2) is 60.8 Å². The summed E-state index contributed by atoms with van der Waals surface area (Å²) in [5, 5.41) is 3.97. The zero-order valence-corrected chi connectivity index (χ0v) is 17.7. The Hall–Kier alpha value is -2.89. The molecule has 152 valence electrons. The molecule has 0 bridgehead atoms. The van der Waals surface area contributed by atoms with Gasteiger partial charge in [0.2, 0.25) is 0 Å². The molecule has 5 nitrogen and oxygen atoms in total. The fourth-order valence-corrected chi connectivity index (χ4v) is 3.85. The van der Waals surface area contributed by atoms with E-state index in [9.17, 15) is 9.59 Å². The van der Waals surface area contributed by atoms with E-state index in [0.29, 0.717) is 27.8 Å². The van der Waals surface area contributed by atoms with Crippen molar-refractivity contribution in [3.63, 3.8) is 0 Å². The lowest BCUT2D eigenvalue weighted by molar-refractivity contribution is 0.0934. The van der Waals surface area contributed by atoms with Crippen LogP contribution in [-0.2, 0) is 6.42 Å². The fourth-order valence-electron chi connectivity index (χ4n) is 3.54. The molecule has 1 aromatic heterocycles. The predicted molar refractivity (Wildman–Crippen MR) is 118 cm³/mol. The van der Waals surface area contributed by atoms with Crippen LogP contribution in [0.25, 0.3) is 0 Å². The second-order valence-electron chi connectivity index (χ2n) is 7.16. The smallest absolute Gasteiger partial charge is 0.270 e. The Balaban J connectivity index is 1.50. The van der Waals surface area contributed by atoms with Gasteiger partial charge in [-0.2, -0.15) is 0 Å². The number of hydrogen-bond acceptors (Lipinski definition) is 3. The van der Waals surface area contributed by atoms with Gasteiger partial charge in [-0.3, -0.25) is 9.59 Å². The summed E-state index contributed by atoms with van der Waals surface area (Å²) >= 11 is 11.9. The van der Waals surface area contributed by atoms with Crippen molar-refractivity contribution in [2.24, 2.45) is 0 Å². The molecule has 1 aliphatic heterocycles. The summed E-state index contributed by atoms with van der Waals surface area (Å²) in [5.74, 6) is -0.336. The molecule has 1 N–H and O–H groups in total. The summed E-state index contributed by atoms with van der Waals surface area (Å²) in [6.45, 7) is 2.53. The molecule has 7 heteroatoms. The minimum Gasteiger partial charge on any atom is -0.344 e. The average molecular weight is 440 g/mol. The molecule has 30 heavy (non-hydrogen) atoms. The first-order chi connectivity index (χ1) is 14.4. The second kappa shape index (κ2) is 8.46. The van der Waals surface area contributed by atoms with Crippen LogP contribution in [0.5, 0.6) is 0 Å². The monoisotopic (exact) mass is 439 g/mol. The number of halogens is 2. The highest BCUT2D eigenvalue weighted by molar-refractivity contribution is 6.31. The Morgan fingerprint density at radius 1 is 1.07 bits per heavy atom. The molecule has 2 heterocycles. The number of carbonyl (C=O) groups is 2. The molecule has 1 aliphatic rings. The first-order valence-corrected chi connectivity index (χ1v) is 10.3. The molecule has 0 aliphatic carbocycles. The maximum absolute atomic E-state index is 12.9. The number of hydrogen-bond donors (Lipinski definition) is 1. The highest BCUT2D eigenvalue weighted by Crippen LogP contribution is 2.32. The number of fused-ring (bicyclic) bond motifs is 1. The van der Waals surface area contributed by atoms with Crippen molar-refractivity contribution in [2.75, 3.05) is 11.4 Å². The first kappa shape index (κ1) is 20.4. The van der Waals surface area contributed by atoms with Crippen molar-refractivity contribution < 1.29 is 9.59 Å². The van der Waals surface area contributed by atoms with E-state index in [4.69, 9.17) is 23.2 Å². The number of rotatable bonds is 4. The van der Waals surface area contributed by atoms with Gasteiger partial charge in [0.1, 0.15) is 5.69 Å². The van der Waals surface area contributed by atoms with Crippen LogP contribution in [0.1, 0.15) is 44.9 Å². The van der Waals surface area contributed by atoms with Gasteiger partial charge in [0.15, 0.2) is 0 Å². The van der Waals surface area contributed by atoms with Gasteiger partial charge in [0.25, 0.3) is 11.8 Å². The van der Waals surface area contributed by atoms with E-state index in [1.807, 2.05) is 25.1 Å². The Labute approximate surface area is 184 Å². The molecule has 0 radical (unpaired) electrons. The average Bonchev–Trinajstić information content (AvgIpc) is 3.16. The van der Waals surface area contributed by atoms with Gasteiger partial charge in [0, 0.05) is 29.0 Å². The molecule has 0 unspecified atom stereocenters. The normalized spacial score (nSPS) is 13.6. The van der Waals surface area contributed by atoms with Gasteiger partial charge in [-0.05, 0) is 60.9 Å². The van der Waals surface area contributed by atoms with E-state index in [2.05, 4.69) is 10.3 Å². The van der Waals surface area contributed by atoms with Crippen LogP contribution in [0.3, 0.4) is 0 Å². The van der Waals surface area contributed by atoms with E-state index in [1.165, 1.54) is 6.20 Å². The topological polar surface area (TPSA) is 62.3 Å². The number of aromatic nitrogens is 1. The molecule has 0 saturated heterocycles. The molecule has 3 aromatic rings. The molecule has 0 saturated carbocycles. The number of amides is 2. The van der Waals surface area contributed by atoms with E-state index >= 15 is 0 Å². The predicted octanol–water partition coefficient (Wildman–Crippen LogP) is 5.08. The third kappa shape index (κ3) is 4.18. The quantitative estimate of drug-likeness (QED) is 0.616. The molecule has 2 amide bonds. The van der Waals surface area contributed by atoms with E-state index in [1.54, 1.807) is 41.3 Å². The molecule has 4 rings (SSSR count). The highest BCUT2D eigenvalue weighted by Gasteiger charge is 2.26. The first-order valence-electron chi connectivity index (χ1n) is 9.55. The standard InChI is InChI=1S/C23H19Cl2N3O2/c1-14(27-22(29)20-7-6-19(25)13-26-20)15-5-8-21-16(11-15)9-10-28(21)23(30)17-3-2-4-18(24)12-17/h2-8,11-14H,9-10H2,1H3,(H,27,29)/t14-/m1/s1. The lowest BCUT2D eigenvalue weighted by Crippen LogP contribution is -2.29. The largest absolute Gasteiger partial charge is 0.344 e. The van der Waals surface area contributed by atoms with Gasteiger partial charge in [-0.1, -0.05) is 41.4 Å². The Morgan fingerprint density at radius 3 is 2.63 bits per heavy atom. The van der Waals surface area contributed by atoms with Gasteiger partial charge in [-0.15, -0.1) is 0 Å². The van der Waals surface area contributed by atoms with Crippen molar-refractivity contribution in [1.82, 2.24) is 10.3 Å². The number of anilines is 1. The van der Waals surface area contributed by atoms with Crippen molar-refractivity contribution in [2.45, 2.75) is 19.4 Å². The van der Waals surface area contributed by atoms with E-state index < -0.39 is 0 Å². The Bertz CT molecular complexity index is 1120. The summed E-state index contributed by atoms with van der Waals surface area (Å²) < 4.78 is 0. The third-order valence-corrected chi connectivity index (χ3v) is 5.58. The highest BCUT2D eigenvalue weighted by atomic mass is 35.5. The van der Waals surface area contributed by atoms with Crippen molar-refractivity contribution in [1.29, 1.82) is 0 Å². The van der Waals surface area contributed by atoms with Gasteiger partial charge < -0.3 is 10.2 Å². The van der Waals surface area contributed by atoms with Crippen molar-refractivity contribution >= 4 is 40.7 Å². The summed E-state index contributed by atoms with van der Waals surface area (Å²) in [6.07, 6.45) is 2.21. The van der Waals surface area contributed by atoms with E-state index in [0.717, 1.165) is 23.2 Å². The lowest BCUT2D eigenvalue weighted by atomic mass is 10.0. The zero-order valence-electron chi connectivity index (χ0n) is 16.2. The Kier molecular flexibility index (Phi) is 5.75. The number of nitrogens with zero attached hydrogens (tertiary/aromatic N) is 2. The van der Waals surface area contributed by atoms with Crippen LogP contribution >= 0.6 is 23.2 Å². The summed E-state index contributed by atoms with van der Waals surface area (Å²) in [5.41, 5.74) is 3.81. The third-order valence-electron chi connectivity index (χ3n) is 5.12. The van der Waals surface area contributed by atoms with Gasteiger partial charge in [0.05, 0.1) is 11.1 Å². The Morgan fingerprint density at radius 2 is 1.90 bits per heavy atom. The summed E-state index contributed by atoms with van der Waals surface area (Å²) in [7, 11) is 0. The minimum absolute atomic E-state index is 0.0702. The number of carbonyl (C=O) groups excluding carboxylic acids is 2. The maximum Gasteiger partial charge on any atom is 0.270 e. The zero-order chi connectivity index (χ0) is 21.3. The van der Waals surface area contributed by atoms with Crippen molar-refractivity contribution in [3.8, 4) is 0 Å². The SMILES string of the molecule is C[C@@H](NC(=O)c1ccc(Cl)cn1)c1ccc2c(c1)CCN2C(=O)c1cccc(Cl)c1. The number of benzene rings is 2. The van der Waals surface area contributed by atoms with Crippen LogP contribution < -0.4 is 10.2 Å². The molecule has 1 atom stereocenters. The molecule has 0 fully saturated rings. The number of pyridine rings is 1. The minimum atomic E-state index is -0.266. The fraction of sp³-hybridized carbons (Fsp3) is 0.174. The molecule has 2 aromatic carbocycles. The van der Waals surface area contributed by atoms with Crippen LogP contribution in [0, 0.1) is 0 Å². The molecular formula is C23H19Cl2N3O2. The summed E-state index contributed by atoms with van der Waals surface area (Å²) in [4.78, 5) is 31.1. The maximum atomic E-state index is 12.9. The van der Waals surface area contributed by atoms with Crippen molar-refractivity contribution in [3.05, 3.63) is 93.2 Å². The molecular weight excluding hydrogens is 421 g/mol. The van der Waals surface area contributed by atoms with Crippen LogP contribution in [0.4, 0.5) is 5.69 Å². The van der Waals surface area contributed by atoms with E-state index in [-0.39, 0.29) is 17.9 Å². The summed E-state index contributed by atoms with van der Waals surface area (Å²) in [6, 6.07) is 15.9. The van der Waals surface area contributed by atoms with Crippen LogP contribution in [-0.4, -0.2) is 23.3 Å².